The van der Waals surface area contributed by atoms with Gasteiger partial charge in [0.1, 0.15) is 5.54 Å². The number of urea groups is 1. The molecular weight excluding hydrogens is 527 g/mol. The number of alkyl halides is 3. The van der Waals surface area contributed by atoms with E-state index in [1.54, 1.807) is 6.92 Å². The van der Waals surface area contributed by atoms with E-state index in [-0.39, 0.29) is 40.3 Å². The number of hydrogen-bond donors (Lipinski definition) is 1. The van der Waals surface area contributed by atoms with Gasteiger partial charge >= 0.3 is 18.2 Å². The molecule has 4 rings (SSSR count). The maximum atomic E-state index is 13.7. The summed E-state index contributed by atoms with van der Waals surface area (Å²) in [5, 5.41) is 21.6. The fourth-order valence-corrected chi connectivity index (χ4v) is 4.62. The van der Waals surface area contributed by atoms with Crippen LogP contribution in [0.4, 0.5) is 23.7 Å². The lowest BCUT2D eigenvalue weighted by atomic mass is 9.88. The SMILES string of the molecule is CCOC(=O)C1=C(C)N(c2cccc(C(F)(F)F)c2)C(=O)N(C)C1c1ccc(C#N)cc1C(=O)NC1(C#N)CC1. The Kier molecular flexibility index (Phi) is 7.31. The summed E-state index contributed by atoms with van der Waals surface area (Å²) >= 11 is 0. The molecule has 0 bridgehead atoms. The number of rotatable bonds is 6. The Morgan fingerprint density at radius 1 is 1.18 bits per heavy atom. The highest BCUT2D eigenvalue weighted by atomic mass is 19.4. The van der Waals surface area contributed by atoms with Crippen molar-refractivity contribution in [3.8, 4) is 12.1 Å². The molecule has 206 valence electrons. The van der Waals surface area contributed by atoms with Gasteiger partial charge in [0, 0.05) is 18.3 Å². The average molecular weight is 552 g/mol. The highest BCUT2D eigenvalue weighted by molar-refractivity contribution is 6.04. The molecule has 1 aliphatic heterocycles. The van der Waals surface area contributed by atoms with Gasteiger partial charge in [0.15, 0.2) is 0 Å². The zero-order chi connectivity index (χ0) is 29.4. The normalized spacial score (nSPS) is 18.1. The number of esters is 1. The summed E-state index contributed by atoms with van der Waals surface area (Å²) in [6, 6.07) is 10.3. The second kappa shape index (κ2) is 10.4. The zero-order valence-corrected chi connectivity index (χ0v) is 21.8. The van der Waals surface area contributed by atoms with Gasteiger partial charge in [0.05, 0.1) is 47.2 Å². The molecule has 1 heterocycles. The smallest absolute Gasteiger partial charge is 0.416 e. The van der Waals surface area contributed by atoms with Crippen molar-refractivity contribution >= 4 is 23.6 Å². The lowest BCUT2D eigenvalue weighted by molar-refractivity contribution is -0.139. The standard InChI is InChI=1S/C28H24F3N5O4/c1-4-40-25(38)22-16(2)36(19-7-5-6-18(13-19)28(29,30)31)26(39)35(3)23(22)20-9-8-17(14-32)12-21(20)24(37)34-27(15-33)10-11-27/h5-9,12-13,23H,4,10-11H2,1-3H3,(H,34,37). The van der Waals surface area contributed by atoms with Crippen molar-refractivity contribution in [3.05, 3.63) is 76.0 Å². The molecule has 0 spiro atoms. The molecule has 1 aliphatic carbocycles. The number of ether oxygens (including phenoxy) is 1. The summed E-state index contributed by atoms with van der Waals surface area (Å²) < 4.78 is 45.6. The first-order chi connectivity index (χ1) is 18.9. The van der Waals surface area contributed by atoms with Gasteiger partial charge in [-0.15, -0.1) is 0 Å². The minimum atomic E-state index is -4.67. The summed E-state index contributed by atoms with van der Waals surface area (Å²) in [4.78, 5) is 42.5. The highest BCUT2D eigenvalue weighted by Gasteiger charge is 2.47. The Hall–Kier alpha value is -4.84. The highest BCUT2D eigenvalue weighted by Crippen LogP contribution is 2.42. The molecule has 0 saturated heterocycles. The van der Waals surface area contributed by atoms with Crippen molar-refractivity contribution in [2.75, 3.05) is 18.6 Å². The van der Waals surface area contributed by atoms with E-state index in [1.165, 1.54) is 38.2 Å². The number of amides is 3. The molecule has 0 radical (unpaired) electrons. The average Bonchev–Trinajstić information content (AvgIpc) is 3.70. The van der Waals surface area contributed by atoms with Crippen LogP contribution < -0.4 is 10.2 Å². The Morgan fingerprint density at radius 3 is 2.45 bits per heavy atom. The van der Waals surface area contributed by atoms with Crippen LogP contribution in [0.3, 0.4) is 0 Å². The Bertz CT molecular complexity index is 1520. The van der Waals surface area contributed by atoms with E-state index < -0.39 is 41.2 Å². The maximum absolute atomic E-state index is 13.7. The maximum Gasteiger partial charge on any atom is 0.416 e. The van der Waals surface area contributed by atoms with E-state index in [0.717, 1.165) is 28.0 Å². The number of benzene rings is 2. The van der Waals surface area contributed by atoms with Gasteiger partial charge in [0.25, 0.3) is 5.91 Å². The molecule has 9 nitrogen and oxygen atoms in total. The number of hydrogen-bond acceptors (Lipinski definition) is 6. The number of nitriles is 2. The molecule has 0 aromatic heterocycles. The number of anilines is 1. The van der Waals surface area contributed by atoms with Crippen LogP contribution in [0.25, 0.3) is 0 Å². The first-order valence-corrected chi connectivity index (χ1v) is 12.3. The fraction of sp³-hybridized carbons (Fsp3) is 0.321. The van der Waals surface area contributed by atoms with Gasteiger partial charge < -0.3 is 15.0 Å². The molecule has 1 N–H and O–H groups in total. The van der Waals surface area contributed by atoms with Gasteiger partial charge in [0.2, 0.25) is 0 Å². The van der Waals surface area contributed by atoms with E-state index >= 15 is 0 Å². The number of nitrogens with zero attached hydrogens (tertiary/aromatic N) is 4. The third-order valence-electron chi connectivity index (χ3n) is 6.84. The van der Waals surface area contributed by atoms with Crippen molar-refractivity contribution in [1.82, 2.24) is 10.2 Å². The van der Waals surface area contributed by atoms with E-state index in [2.05, 4.69) is 11.4 Å². The minimum Gasteiger partial charge on any atom is -0.463 e. The second-order valence-electron chi connectivity index (χ2n) is 9.46. The molecule has 2 aromatic carbocycles. The number of halogens is 3. The quantitative estimate of drug-likeness (QED) is 0.514. The summed E-state index contributed by atoms with van der Waals surface area (Å²) in [5.41, 5.74) is -1.94. The van der Waals surface area contributed by atoms with Crippen molar-refractivity contribution in [2.45, 2.75) is 44.4 Å². The zero-order valence-electron chi connectivity index (χ0n) is 21.8. The Morgan fingerprint density at radius 2 is 1.88 bits per heavy atom. The van der Waals surface area contributed by atoms with Gasteiger partial charge in [-0.2, -0.15) is 23.7 Å². The van der Waals surface area contributed by atoms with Gasteiger partial charge in [-0.05, 0) is 62.6 Å². The van der Waals surface area contributed by atoms with Crippen molar-refractivity contribution < 1.29 is 32.3 Å². The molecule has 1 saturated carbocycles. The number of carbonyl (C=O) groups excluding carboxylic acids is 3. The van der Waals surface area contributed by atoms with E-state index in [1.807, 2.05) is 6.07 Å². The number of allylic oxidation sites excluding steroid dienone is 1. The number of carbonyl (C=O) groups is 3. The monoisotopic (exact) mass is 551 g/mol. The van der Waals surface area contributed by atoms with Crippen molar-refractivity contribution in [2.24, 2.45) is 0 Å². The van der Waals surface area contributed by atoms with E-state index in [9.17, 15) is 38.1 Å². The third-order valence-corrected chi connectivity index (χ3v) is 6.84. The fourth-order valence-electron chi connectivity index (χ4n) is 4.62. The lowest BCUT2D eigenvalue weighted by Crippen LogP contribution is -2.49. The van der Waals surface area contributed by atoms with Crippen LogP contribution in [-0.2, 0) is 15.7 Å². The van der Waals surface area contributed by atoms with E-state index in [4.69, 9.17) is 4.74 Å². The summed E-state index contributed by atoms with van der Waals surface area (Å²) in [6.07, 6.45) is -3.77. The Balaban J connectivity index is 1.91. The molecular formula is C28H24F3N5O4. The summed E-state index contributed by atoms with van der Waals surface area (Å²) in [7, 11) is 1.34. The molecule has 1 unspecified atom stereocenters. The predicted octanol–water partition coefficient (Wildman–Crippen LogP) is 4.81. The summed E-state index contributed by atoms with van der Waals surface area (Å²) in [5.74, 6) is -1.51. The predicted molar refractivity (Wildman–Crippen MR) is 135 cm³/mol. The second-order valence-corrected chi connectivity index (χ2v) is 9.46. The number of likely N-dealkylation sites (N-methyl/N-ethyl adjacent to an activating group) is 1. The molecule has 12 heteroatoms. The van der Waals surface area contributed by atoms with Gasteiger partial charge in [-0.3, -0.25) is 9.69 Å². The molecule has 3 amide bonds. The Labute approximate surface area is 228 Å². The number of nitrogens with one attached hydrogen (secondary N) is 1. The topological polar surface area (TPSA) is 127 Å². The van der Waals surface area contributed by atoms with Crippen LogP contribution in [-0.4, -0.2) is 42.0 Å². The van der Waals surface area contributed by atoms with Gasteiger partial charge in [-0.1, -0.05) is 12.1 Å². The first kappa shape index (κ1) is 28.2. The van der Waals surface area contributed by atoms with Crippen LogP contribution in [0, 0.1) is 22.7 Å². The van der Waals surface area contributed by atoms with Gasteiger partial charge in [-0.25, -0.2) is 9.59 Å². The first-order valence-electron chi connectivity index (χ1n) is 12.3. The van der Waals surface area contributed by atoms with Crippen molar-refractivity contribution in [3.63, 3.8) is 0 Å². The summed E-state index contributed by atoms with van der Waals surface area (Å²) in [6.45, 7) is 2.94. The molecule has 40 heavy (non-hydrogen) atoms. The largest absolute Gasteiger partial charge is 0.463 e. The lowest BCUT2D eigenvalue weighted by Gasteiger charge is -2.41. The van der Waals surface area contributed by atoms with Crippen molar-refractivity contribution in [1.29, 1.82) is 10.5 Å². The van der Waals surface area contributed by atoms with Crippen LogP contribution in [0.2, 0.25) is 0 Å². The molecule has 1 fully saturated rings. The van der Waals surface area contributed by atoms with Crippen LogP contribution in [0.5, 0.6) is 0 Å². The van der Waals surface area contributed by atoms with E-state index in [0.29, 0.717) is 12.8 Å². The molecule has 2 aromatic rings. The molecule has 1 atom stereocenters. The molecule has 2 aliphatic rings. The van der Waals surface area contributed by atoms with Crippen LogP contribution in [0.1, 0.15) is 59.8 Å². The minimum absolute atomic E-state index is 0.0114. The van der Waals surface area contributed by atoms with Crippen LogP contribution in [0.15, 0.2) is 53.7 Å². The van der Waals surface area contributed by atoms with Crippen LogP contribution >= 0.6 is 0 Å². The third kappa shape index (κ3) is 5.08.